The Labute approximate surface area is 276 Å². The van der Waals surface area contributed by atoms with E-state index >= 15 is 0 Å². The number of nitriles is 1. The molecule has 47 heavy (non-hydrogen) atoms. The molecule has 2 fully saturated rings. The molecule has 0 amide bonds. The van der Waals surface area contributed by atoms with E-state index in [2.05, 4.69) is 79.7 Å². The van der Waals surface area contributed by atoms with Crippen LogP contribution in [-0.2, 0) is 19.5 Å². The van der Waals surface area contributed by atoms with Crippen molar-refractivity contribution in [2.45, 2.75) is 77.4 Å². The number of halogens is 4. The highest BCUT2D eigenvalue weighted by Gasteiger charge is 2.29. The van der Waals surface area contributed by atoms with E-state index in [9.17, 15) is 22.8 Å². The van der Waals surface area contributed by atoms with Gasteiger partial charge in [0.05, 0.1) is 11.8 Å². The van der Waals surface area contributed by atoms with E-state index in [1.807, 2.05) is 6.07 Å². The van der Waals surface area contributed by atoms with E-state index < -0.39 is 19.4 Å². The average Bonchev–Trinajstić information content (AvgIpc) is 3.59. The Morgan fingerprint density at radius 1 is 1.06 bits per heavy atom. The predicted molar refractivity (Wildman–Crippen MR) is 179 cm³/mol. The lowest BCUT2D eigenvalue weighted by molar-refractivity contribution is -0.126. The number of hydrogen-bond acceptors (Lipinski definition) is 9. The van der Waals surface area contributed by atoms with Crippen molar-refractivity contribution < 1.29 is 17.6 Å². The number of aryl methyl sites for hydroxylation is 1. The number of nitrogens with zero attached hydrogens (tertiary/aromatic N) is 6. The molecule has 6 rings (SSSR count). The van der Waals surface area contributed by atoms with Crippen molar-refractivity contribution in [1.29, 1.82) is 5.26 Å². The number of likely N-dealkylation sites (tertiary alicyclic amines) is 1. The van der Waals surface area contributed by atoms with Crippen LogP contribution in [0, 0.1) is 18.3 Å². The van der Waals surface area contributed by atoms with Gasteiger partial charge in [0, 0.05) is 79.7 Å². The fraction of sp³-hybridized carbons (Fsp3) is 0.545. The van der Waals surface area contributed by atoms with Gasteiger partial charge in [0.15, 0.2) is 0 Å². The summed E-state index contributed by atoms with van der Waals surface area (Å²) in [6, 6.07) is 11.5. The van der Waals surface area contributed by atoms with Crippen LogP contribution in [0.4, 0.5) is 23.4 Å². The smallest absolute Gasteiger partial charge is 0.367 e. The van der Waals surface area contributed by atoms with Crippen LogP contribution >= 0.6 is 11.3 Å². The number of nitrogens with one attached hydrogen (secondary N) is 2. The Morgan fingerprint density at radius 2 is 1.77 bits per heavy atom. The number of fused-ring (bicyclic) bond motifs is 2. The largest absolute Gasteiger partial charge is 0.393 e. The van der Waals surface area contributed by atoms with Crippen molar-refractivity contribution in [3.05, 3.63) is 52.3 Å². The Kier molecular flexibility index (Phi) is 11.3. The molecule has 5 heterocycles. The van der Waals surface area contributed by atoms with Crippen LogP contribution in [0.5, 0.6) is 0 Å². The van der Waals surface area contributed by atoms with Crippen molar-refractivity contribution in [2.75, 3.05) is 44.8 Å². The van der Waals surface area contributed by atoms with Gasteiger partial charge in [-0.1, -0.05) is 6.07 Å². The third-order valence-electron chi connectivity index (χ3n) is 8.93. The van der Waals surface area contributed by atoms with E-state index in [0.29, 0.717) is 33.8 Å². The highest BCUT2D eigenvalue weighted by Crippen LogP contribution is 2.33. The summed E-state index contributed by atoms with van der Waals surface area (Å²) >= 11 is 1.07. The minimum absolute atomic E-state index is 0.188. The Morgan fingerprint density at radius 3 is 2.43 bits per heavy atom. The molecule has 2 saturated heterocycles. The molecule has 2 atom stereocenters. The molecule has 0 radical (unpaired) electrons. The molecule has 0 aliphatic carbocycles. The van der Waals surface area contributed by atoms with Gasteiger partial charge in [-0.05, 0) is 62.9 Å². The van der Waals surface area contributed by atoms with E-state index in [1.165, 1.54) is 17.5 Å². The maximum Gasteiger partial charge on any atom is 0.393 e. The summed E-state index contributed by atoms with van der Waals surface area (Å²) in [6.07, 6.45) is -1.96. The quantitative estimate of drug-likeness (QED) is 0.165. The van der Waals surface area contributed by atoms with Crippen LogP contribution in [0.15, 0.2) is 30.6 Å². The first-order valence-electron chi connectivity index (χ1n) is 16.0. The van der Waals surface area contributed by atoms with Crippen LogP contribution in [0.1, 0.15) is 48.4 Å². The van der Waals surface area contributed by atoms with Gasteiger partial charge in [-0.2, -0.15) is 18.4 Å². The van der Waals surface area contributed by atoms with Crippen molar-refractivity contribution in [3.63, 3.8) is 0 Å². The predicted octanol–water partition coefficient (Wildman–Crippen LogP) is 5.56. The highest BCUT2D eigenvalue weighted by molar-refractivity contribution is 7.18. The van der Waals surface area contributed by atoms with Crippen molar-refractivity contribution in [3.8, 4) is 6.07 Å². The zero-order valence-corrected chi connectivity index (χ0v) is 27.9. The molecule has 0 saturated carbocycles. The molecule has 4 aromatic rings. The molecule has 0 bridgehead atoms. The lowest BCUT2D eigenvalue weighted by atomic mass is 10.0. The lowest BCUT2D eigenvalue weighted by Crippen LogP contribution is -2.54. The van der Waals surface area contributed by atoms with Crippen molar-refractivity contribution >= 4 is 38.3 Å². The number of alkyl halides is 4. The first kappa shape index (κ1) is 35.0. The number of thiophene rings is 1. The molecule has 0 spiro atoms. The second kappa shape index (κ2) is 15.3. The number of anilines is 1. The molecule has 1 aromatic carbocycles. The lowest BCUT2D eigenvalue weighted by Gasteiger charge is -2.36. The van der Waals surface area contributed by atoms with Gasteiger partial charge in [0.1, 0.15) is 35.5 Å². The number of piperidine rings is 1. The Balaban J connectivity index is 0.00000139. The zero-order valence-electron chi connectivity index (χ0n) is 27.1. The van der Waals surface area contributed by atoms with E-state index in [1.54, 1.807) is 6.07 Å². The highest BCUT2D eigenvalue weighted by atomic mass is 32.1. The number of hydrogen-bond donors (Lipinski definition) is 3. The Hall–Kier alpha value is -3.35. The minimum Gasteiger partial charge on any atom is -0.367 e. The van der Waals surface area contributed by atoms with Crippen LogP contribution < -0.4 is 16.4 Å². The number of piperazine rings is 1. The summed E-state index contributed by atoms with van der Waals surface area (Å²) in [5, 5.41) is 18.8. The second-order valence-electron chi connectivity index (χ2n) is 12.6. The van der Waals surface area contributed by atoms with Gasteiger partial charge in [-0.3, -0.25) is 9.80 Å². The topological polar surface area (TPSA) is 111 Å². The van der Waals surface area contributed by atoms with Gasteiger partial charge in [0.25, 0.3) is 0 Å². The molecule has 2 aliphatic rings. The third kappa shape index (κ3) is 8.77. The van der Waals surface area contributed by atoms with Crippen LogP contribution in [0.25, 0.3) is 21.1 Å². The SMILES string of the molecule is Cc1c(CN2CCC(Nc3ncnc4sc(CC(F)(F)F)cc34)CC2)ccc2c1cc(C#N)n2CCN1CC(C)NC(C)C1.NCF. The standard InChI is InChI=1S/C32H39F3N8S.CH4FN/c1-20-16-42(17-21(2)39-20)10-11-43-25(15-36)12-27-22(3)23(4-5-29(27)43)18-41-8-6-24(7-9-41)40-30-28-13-26(14-32(33,34)35)44-31(28)38-19-37-30;2-1-3/h4-5,12-13,19-21,24,39H,6-11,14,16-18H2,1-3H3,(H,37,38,40);1,3H2. The first-order valence-corrected chi connectivity index (χ1v) is 16.8. The van der Waals surface area contributed by atoms with E-state index in [-0.39, 0.29) is 10.9 Å². The molecule has 2 aliphatic heterocycles. The molecule has 9 nitrogen and oxygen atoms in total. The maximum atomic E-state index is 12.9. The van der Waals surface area contributed by atoms with Crippen LogP contribution in [0.2, 0.25) is 0 Å². The summed E-state index contributed by atoms with van der Waals surface area (Å²) in [6.45, 7) is 12.2. The number of rotatable bonds is 8. The van der Waals surface area contributed by atoms with E-state index in [4.69, 9.17) is 0 Å². The Bertz CT molecular complexity index is 1680. The van der Waals surface area contributed by atoms with Gasteiger partial charge in [-0.25, -0.2) is 14.4 Å². The number of aromatic nitrogens is 3. The first-order chi connectivity index (χ1) is 22.5. The van der Waals surface area contributed by atoms with Gasteiger partial charge in [0.2, 0.25) is 0 Å². The van der Waals surface area contributed by atoms with Crippen LogP contribution in [-0.4, -0.2) is 88.2 Å². The normalized spacial score (nSPS) is 19.9. The minimum atomic E-state index is -4.25. The number of benzene rings is 1. The van der Waals surface area contributed by atoms with Crippen molar-refractivity contribution in [1.82, 2.24) is 29.7 Å². The average molecular weight is 674 g/mol. The number of nitrogens with two attached hydrogens (primary N) is 1. The summed E-state index contributed by atoms with van der Waals surface area (Å²) < 4.78 is 51.0. The fourth-order valence-electron chi connectivity index (χ4n) is 6.87. The van der Waals surface area contributed by atoms with Crippen LogP contribution in [0.3, 0.4) is 0 Å². The molecule has 2 unspecified atom stereocenters. The van der Waals surface area contributed by atoms with Crippen molar-refractivity contribution in [2.24, 2.45) is 5.73 Å². The third-order valence-corrected chi connectivity index (χ3v) is 9.97. The molecule has 4 N–H and O–H groups in total. The summed E-state index contributed by atoms with van der Waals surface area (Å²) in [7, 11) is 0. The van der Waals surface area contributed by atoms with Gasteiger partial charge in [-0.15, -0.1) is 11.3 Å². The zero-order chi connectivity index (χ0) is 33.7. The molecular formula is C33H43F4N9S. The van der Waals surface area contributed by atoms with E-state index in [0.717, 1.165) is 80.9 Å². The second-order valence-corrected chi connectivity index (χ2v) is 13.7. The van der Waals surface area contributed by atoms with Gasteiger partial charge >= 0.3 is 6.18 Å². The molecule has 3 aromatic heterocycles. The molecular weight excluding hydrogens is 630 g/mol. The fourth-order valence-corrected chi connectivity index (χ4v) is 7.89. The van der Waals surface area contributed by atoms with Gasteiger partial charge < -0.3 is 20.9 Å². The summed E-state index contributed by atoms with van der Waals surface area (Å²) in [5.74, 6) is 0.609. The summed E-state index contributed by atoms with van der Waals surface area (Å²) in [4.78, 5) is 14.3. The summed E-state index contributed by atoms with van der Waals surface area (Å²) in [5.41, 5.74) is 8.49. The monoisotopic (exact) mass is 673 g/mol. The maximum absolute atomic E-state index is 12.9. The molecule has 14 heteroatoms. The molecule has 254 valence electrons.